The largest absolute Gasteiger partial charge is 0.457 e. The summed E-state index contributed by atoms with van der Waals surface area (Å²) in [7, 11) is -3.83. The SMILES string of the molecule is CCNC(=O)C(C)N(Cc1cccc(Cl)c1)C(=O)CN(c1ccc(Oc2ccccc2)cc1)S(C)(=O)=O. The summed E-state index contributed by atoms with van der Waals surface area (Å²) in [6.07, 6.45) is 1.03. The van der Waals surface area contributed by atoms with Crippen LogP contribution in [0.2, 0.25) is 5.02 Å². The minimum absolute atomic E-state index is 0.0825. The van der Waals surface area contributed by atoms with Gasteiger partial charge >= 0.3 is 0 Å². The van der Waals surface area contributed by atoms with Crippen LogP contribution < -0.4 is 14.4 Å². The van der Waals surface area contributed by atoms with Gasteiger partial charge in [0.25, 0.3) is 0 Å². The average Bonchev–Trinajstić information content (AvgIpc) is 2.86. The number of carbonyl (C=O) groups excluding carboxylic acids is 2. The van der Waals surface area contributed by atoms with Gasteiger partial charge in [-0.2, -0.15) is 0 Å². The maximum Gasteiger partial charge on any atom is 0.244 e. The van der Waals surface area contributed by atoms with Gasteiger partial charge in [0.1, 0.15) is 24.1 Å². The summed E-state index contributed by atoms with van der Waals surface area (Å²) in [5.41, 5.74) is 1.01. The standard InChI is InChI=1S/C27H30ClN3O5S/c1-4-29-27(33)20(2)30(18-21-9-8-10-22(28)17-21)26(32)19-31(37(3,34)35)23-13-15-25(16-14-23)36-24-11-6-5-7-12-24/h5-17,20H,4,18-19H2,1-3H3,(H,29,33). The lowest BCUT2D eigenvalue weighted by Gasteiger charge is -2.31. The van der Waals surface area contributed by atoms with E-state index in [1.165, 1.54) is 4.90 Å². The number of halogens is 1. The van der Waals surface area contributed by atoms with E-state index in [1.807, 2.05) is 18.2 Å². The molecule has 0 aromatic heterocycles. The van der Waals surface area contributed by atoms with E-state index in [2.05, 4.69) is 5.32 Å². The first-order chi connectivity index (χ1) is 17.6. The summed E-state index contributed by atoms with van der Waals surface area (Å²) in [5, 5.41) is 3.21. The van der Waals surface area contributed by atoms with Crippen LogP contribution in [-0.4, -0.2) is 50.5 Å². The molecule has 0 heterocycles. The highest BCUT2D eigenvalue weighted by atomic mass is 35.5. The van der Waals surface area contributed by atoms with Crippen molar-refractivity contribution in [3.8, 4) is 11.5 Å². The zero-order valence-corrected chi connectivity index (χ0v) is 22.5. The second-order valence-electron chi connectivity index (χ2n) is 8.40. The van der Waals surface area contributed by atoms with Crippen molar-refractivity contribution < 1.29 is 22.7 Å². The molecule has 2 amide bonds. The van der Waals surface area contributed by atoms with Crippen molar-refractivity contribution in [2.75, 3.05) is 23.7 Å². The fraction of sp³-hybridized carbons (Fsp3) is 0.259. The third-order valence-corrected chi connectivity index (χ3v) is 6.92. The van der Waals surface area contributed by atoms with Crippen LogP contribution in [0.5, 0.6) is 11.5 Å². The number of carbonyl (C=O) groups is 2. The van der Waals surface area contributed by atoms with E-state index < -0.39 is 28.5 Å². The zero-order valence-electron chi connectivity index (χ0n) is 20.9. The molecule has 1 unspecified atom stereocenters. The Morgan fingerprint density at radius 1 is 0.973 bits per heavy atom. The molecule has 0 radical (unpaired) electrons. The van der Waals surface area contributed by atoms with Crippen LogP contribution in [0.15, 0.2) is 78.9 Å². The van der Waals surface area contributed by atoms with Gasteiger partial charge in [0.05, 0.1) is 11.9 Å². The molecule has 0 aliphatic rings. The molecular formula is C27H30ClN3O5S. The minimum Gasteiger partial charge on any atom is -0.457 e. The van der Waals surface area contributed by atoms with Crippen LogP contribution in [0.4, 0.5) is 5.69 Å². The second-order valence-corrected chi connectivity index (χ2v) is 10.7. The van der Waals surface area contributed by atoms with Crippen LogP contribution in [0.25, 0.3) is 0 Å². The quantitative estimate of drug-likeness (QED) is 0.385. The number of rotatable bonds is 11. The lowest BCUT2D eigenvalue weighted by atomic mass is 10.1. The van der Waals surface area contributed by atoms with Crippen molar-refractivity contribution in [1.82, 2.24) is 10.2 Å². The molecule has 0 bridgehead atoms. The number of anilines is 1. The van der Waals surface area contributed by atoms with E-state index >= 15 is 0 Å². The summed E-state index contributed by atoms with van der Waals surface area (Å²) in [6.45, 7) is 3.38. The molecule has 0 saturated heterocycles. The Bertz CT molecular complexity index is 1320. The number of hydrogen-bond donors (Lipinski definition) is 1. The number of likely N-dealkylation sites (N-methyl/N-ethyl adjacent to an activating group) is 1. The monoisotopic (exact) mass is 543 g/mol. The molecule has 10 heteroatoms. The molecule has 3 aromatic rings. The van der Waals surface area contributed by atoms with Gasteiger partial charge in [0, 0.05) is 18.1 Å². The van der Waals surface area contributed by atoms with E-state index in [9.17, 15) is 18.0 Å². The van der Waals surface area contributed by atoms with Gasteiger partial charge in [0.2, 0.25) is 21.8 Å². The number of benzene rings is 3. The van der Waals surface area contributed by atoms with Gasteiger partial charge < -0.3 is 15.0 Å². The highest BCUT2D eigenvalue weighted by molar-refractivity contribution is 7.92. The maximum absolute atomic E-state index is 13.5. The molecule has 8 nitrogen and oxygen atoms in total. The van der Waals surface area contributed by atoms with E-state index in [-0.39, 0.29) is 12.5 Å². The lowest BCUT2D eigenvalue weighted by Crippen LogP contribution is -2.51. The van der Waals surface area contributed by atoms with Crippen LogP contribution in [0.1, 0.15) is 19.4 Å². The van der Waals surface area contributed by atoms with Gasteiger partial charge in [-0.1, -0.05) is 41.9 Å². The van der Waals surface area contributed by atoms with Crippen molar-refractivity contribution in [1.29, 1.82) is 0 Å². The smallest absolute Gasteiger partial charge is 0.244 e. The summed E-state index contributed by atoms with van der Waals surface area (Å²) >= 11 is 6.11. The van der Waals surface area contributed by atoms with Gasteiger partial charge in [-0.05, 0) is 67.9 Å². The second kappa shape index (κ2) is 12.6. The zero-order chi connectivity index (χ0) is 27.0. The summed E-state index contributed by atoms with van der Waals surface area (Å²) < 4.78 is 32.2. The number of nitrogens with one attached hydrogen (secondary N) is 1. The van der Waals surface area contributed by atoms with Crippen molar-refractivity contribution in [3.05, 3.63) is 89.4 Å². The molecule has 0 fully saturated rings. The van der Waals surface area contributed by atoms with Crippen LogP contribution in [0.3, 0.4) is 0 Å². The fourth-order valence-electron chi connectivity index (χ4n) is 3.66. The topological polar surface area (TPSA) is 96.0 Å². The van der Waals surface area contributed by atoms with Gasteiger partial charge in [0.15, 0.2) is 0 Å². The molecule has 0 spiro atoms. The Kier molecular flexibility index (Phi) is 9.54. The minimum atomic E-state index is -3.83. The molecule has 0 aliphatic carbocycles. The Labute approximate surface area is 222 Å². The van der Waals surface area contributed by atoms with Crippen molar-refractivity contribution in [2.45, 2.75) is 26.4 Å². The summed E-state index contributed by atoms with van der Waals surface area (Å²) in [4.78, 5) is 27.5. The van der Waals surface area contributed by atoms with Gasteiger partial charge in [-0.25, -0.2) is 8.42 Å². The Morgan fingerprint density at radius 2 is 1.62 bits per heavy atom. The molecule has 1 N–H and O–H groups in total. The highest BCUT2D eigenvalue weighted by Gasteiger charge is 2.30. The number of sulfonamides is 1. The number of nitrogens with zero attached hydrogens (tertiary/aromatic N) is 2. The molecule has 1 atom stereocenters. The van der Waals surface area contributed by atoms with Gasteiger partial charge in [-0.15, -0.1) is 0 Å². The van der Waals surface area contributed by atoms with E-state index in [1.54, 1.807) is 74.5 Å². The maximum atomic E-state index is 13.5. The predicted octanol–water partition coefficient (Wildman–Crippen LogP) is 4.45. The highest BCUT2D eigenvalue weighted by Crippen LogP contribution is 2.26. The first-order valence-electron chi connectivity index (χ1n) is 11.7. The van der Waals surface area contributed by atoms with Crippen molar-refractivity contribution in [2.24, 2.45) is 0 Å². The Hall–Kier alpha value is -3.56. The molecule has 3 aromatic carbocycles. The van der Waals surface area contributed by atoms with E-state index in [4.69, 9.17) is 16.3 Å². The predicted molar refractivity (Wildman–Crippen MR) is 145 cm³/mol. The third-order valence-electron chi connectivity index (χ3n) is 5.54. The lowest BCUT2D eigenvalue weighted by molar-refractivity contribution is -0.139. The van der Waals surface area contributed by atoms with Crippen molar-refractivity contribution >= 4 is 39.1 Å². The normalized spacial score (nSPS) is 11.9. The number of hydrogen-bond acceptors (Lipinski definition) is 5. The third kappa shape index (κ3) is 7.96. The summed E-state index contributed by atoms with van der Waals surface area (Å²) in [6, 6.07) is 21.7. The van der Waals surface area contributed by atoms with E-state index in [0.29, 0.717) is 34.3 Å². The molecule has 196 valence electrons. The first-order valence-corrected chi connectivity index (χ1v) is 13.9. The molecule has 37 heavy (non-hydrogen) atoms. The Morgan fingerprint density at radius 3 is 2.22 bits per heavy atom. The molecular weight excluding hydrogens is 514 g/mol. The Balaban J connectivity index is 1.85. The van der Waals surface area contributed by atoms with E-state index in [0.717, 1.165) is 10.6 Å². The fourth-order valence-corrected chi connectivity index (χ4v) is 4.72. The molecule has 3 rings (SSSR count). The molecule has 0 aliphatic heterocycles. The van der Waals surface area contributed by atoms with Crippen LogP contribution in [-0.2, 0) is 26.2 Å². The molecule has 0 saturated carbocycles. The van der Waals surface area contributed by atoms with Gasteiger partial charge in [-0.3, -0.25) is 13.9 Å². The first kappa shape index (κ1) is 28.0. The van der Waals surface area contributed by atoms with Crippen LogP contribution in [0, 0.1) is 0 Å². The number of ether oxygens (including phenoxy) is 1. The summed E-state index contributed by atoms with van der Waals surface area (Å²) in [5.74, 6) is 0.281. The average molecular weight is 544 g/mol. The number of amides is 2. The van der Waals surface area contributed by atoms with Crippen LogP contribution >= 0.6 is 11.6 Å². The number of para-hydroxylation sites is 1. The van der Waals surface area contributed by atoms with Crippen molar-refractivity contribution in [3.63, 3.8) is 0 Å².